The van der Waals surface area contributed by atoms with Crippen LogP contribution < -0.4 is 14.3 Å². The summed E-state index contributed by atoms with van der Waals surface area (Å²) in [6, 6.07) is 8.92. The summed E-state index contributed by atoms with van der Waals surface area (Å²) >= 11 is 0.974. The van der Waals surface area contributed by atoms with Crippen LogP contribution >= 0.6 is 11.3 Å². The van der Waals surface area contributed by atoms with E-state index in [1.54, 1.807) is 24.3 Å². The second-order valence-electron chi connectivity index (χ2n) is 5.72. The number of benzene rings is 2. The Bertz CT molecular complexity index is 1160. The lowest BCUT2D eigenvalue weighted by Crippen LogP contribution is -2.36. The van der Waals surface area contributed by atoms with E-state index in [1.165, 1.54) is 10.6 Å². The number of hydrogen-bond acceptors (Lipinski definition) is 4. The molecule has 0 saturated heterocycles. The lowest BCUT2D eigenvalue weighted by atomic mass is 10.2. The van der Waals surface area contributed by atoms with E-state index in [-0.39, 0.29) is 23.5 Å². The van der Waals surface area contributed by atoms with Gasteiger partial charge >= 0.3 is 0 Å². The molecule has 0 bridgehead atoms. The summed E-state index contributed by atoms with van der Waals surface area (Å²) < 4.78 is 40.5. The van der Waals surface area contributed by atoms with Crippen LogP contribution in [0.2, 0.25) is 0 Å². The van der Waals surface area contributed by atoms with Crippen LogP contribution in [0.1, 0.15) is 0 Å². The molecule has 2 heterocycles. The van der Waals surface area contributed by atoms with Crippen molar-refractivity contribution in [1.29, 1.82) is 0 Å². The lowest BCUT2D eigenvalue weighted by Gasteiger charge is -2.23. The SMILES string of the molecule is C#CCn1c(=NC(=O)C2COc3ccccc3O2)sc2cc(F)cc(F)c21. The zero-order valence-electron chi connectivity index (χ0n) is 13.8. The number of carbonyl (C=O) groups is 1. The van der Waals surface area contributed by atoms with Gasteiger partial charge in [0, 0.05) is 6.07 Å². The van der Waals surface area contributed by atoms with Gasteiger partial charge in [-0.1, -0.05) is 29.4 Å². The molecule has 1 aliphatic heterocycles. The van der Waals surface area contributed by atoms with Crippen molar-refractivity contribution in [3.63, 3.8) is 0 Å². The van der Waals surface area contributed by atoms with Crippen LogP contribution in [0.15, 0.2) is 41.4 Å². The van der Waals surface area contributed by atoms with Gasteiger partial charge in [-0.2, -0.15) is 4.99 Å². The summed E-state index contributed by atoms with van der Waals surface area (Å²) in [5, 5.41) is 0. The van der Waals surface area contributed by atoms with Crippen molar-refractivity contribution in [1.82, 2.24) is 4.57 Å². The average Bonchev–Trinajstić information content (AvgIpc) is 2.98. The highest BCUT2D eigenvalue weighted by molar-refractivity contribution is 7.16. The predicted molar refractivity (Wildman–Crippen MR) is 95.5 cm³/mol. The highest BCUT2D eigenvalue weighted by atomic mass is 32.1. The summed E-state index contributed by atoms with van der Waals surface area (Å²) in [5.74, 6) is 1.30. The van der Waals surface area contributed by atoms with Gasteiger partial charge in [-0.15, -0.1) is 6.42 Å². The summed E-state index contributed by atoms with van der Waals surface area (Å²) in [6.07, 6.45) is 4.41. The second-order valence-corrected chi connectivity index (χ2v) is 6.73. The van der Waals surface area contributed by atoms with Gasteiger partial charge in [-0.05, 0) is 18.2 Å². The minimum atomic E-state index is -0.939. The Labute approximate surface area is 156 Å². The zero-order valence-corrected chi connectivity index (χ0v) is 14.6. The first-order valence-electron chi connectivity index (χ1n) is 7.95. The number of amides is 1. The molecule has 2 aromatic carbocycles. The van der Waals surface area contributed by atoms with Crippen LogP contribution in [0.25, 0.3) is 10.2 Å². The predicted octanol–water partition coefficient (Wildman–Crippen LogP) is 2.88. The Morgan fingerprint density at radius 1 is 1.33 bits per heavy atom. The van der Waals surface area contributed by atoms with Crippen LogP contribution in [-0.2, 0) is 11.3 Å². The number of hydrogen-bond donors (Lipinski definition) is 0. The van der Waals surface area contributed by atoms with Crippen molar-refractivity contribution in [2.75, 3.05) is 6.61 Å². The molecule has 4 rings (SSSR count). The molecule has 1 atom stereocenters. The number of terminal acetylenes is 1. The van der Waals surface area contributed by atoms with Gasteiger partial charge in [-0.3, -0.25) is 4.79 Å². The average molecular weight is 386 g/mol. The Morgan fingerprint density at radius 2 is 2.11 bits per heavy atom. The van der Waals surface area contributed by atoms with Crippen LogP contribution in [0.4, 0.5) is 8.78 Å². The third kappa shape index (κ3) is 3.17. The first-order chi connectivity index (χ1) is 13.1. The fraction of sp³-hybridized carbons (Fsp3) is 0.158. The van der Waals surface area contributed by atoms with Gasteiger partial charge in [0.15, 0.2) is 22.1 Å². The molecule has 3 aromatic rings. The van der Waals surface area contributed by atoms with E-state index in [0.717, 1.165) is 17.4 Å². The number of thiazole rings is 1. The Balaban J connectivity index is 1.74. The fourth-order valence-electron chi connectivity index (χ4n) is 2.76. The molecular formula is C19H12F2N2O3S. The summed E-state index contributed by atoms with van der Waals surface area (Å²) in [7, 11) is 0. The van der Waals surface area contributed by atoms with E-state index < -0.39 is 23.6 Å². The van der Waals surface area contributed by atoms with Crippen LogP contribution in [0, 0.1) is 24.0 Å². The van der Waals surface area contributed by atoms with Gasteiger partial charge < -0.3 is 14.0 Å². The van der Waals surface area contributed by atoms with E-state index in [1.807, 2.05) is 0 Å². The summed E-state index contributed by atoms with van der Waals surface area (Å²) in [6.45, 7) is -0.0120. The quantitative estimate of drug-likeness (QED) is 0.637. The molecule has 0 aliphatic carbocycles. The number of halogens is 2. The number of para-hydroxylation sites is 2. The minimum absolute atomic E-state index is 0.00235. The fourth-order valence-corrected chi connectivity index (χ4v) is 3.83. The molecule has 27 heavy (non-hydrogen) atoms. The molecule has 136 valence electrons. The molecule has 0 saturated carbocycles. The van der Waals surface area contributed by atoms with Gasteiger partial charge in [0.25, 0.3) is 5.91 Å². The first kappa shape index (κ1) is 17.2. The normalized spacial score (nSPS) is 16.3. The Hall–Kier alpha value is -3.18. The van der Waals surface area contributed by atoms with E-state index in [4.69, 9.17) is 15.9 Å². The molecule has 1 amide bonds. The molecule has 5 nitrogen and oxygen atoms in total. The second kappa shape index (κ2) is 6.85. The molecular weight excluding hydrogens is 374 g/mol. The minimum Gasteiger partial charge on any atom is -0.485 e. The zero-order chi connectivity index (χ0) is 19.0. The van der Waals surface area contributed by atoms with Gasteiger partial charge in [0.05, 0.1) is 16.8 Å². The maximum atomic E-state index is 14.2. The van der Waals surface area contributed by atoms with Gasteiger partial charge in [0.2, 0.25) is 6.10 Å². The van der Waals surface area contributed by atoms with Gasteiger partial charge in [0.1, 0.15) is 12.4 Å². The van der Waals surface area contributed by atoms with E-state index in [0.29, 0.717) is 16.2 Å². The highest BCUT2D eigenvalue weighted by Crippen LogP contribution is 2.31. The van der Waals surface area contributed by atoms with Crippen molar-refractivity contribution in [3.8, 4) is 23.8 Å². The smallest absolute Gasteiger partial charge is 0.292 e. The maximum absolute atomic E-state index is 14.2. The summed E-state index contributed by atoms with van der Waals surface area (Å²) in [4.78, 5) is 16.8. The number of fused-ring (bicyclic) bond motifs is 2. The molecule has 0 spiro atoms. The van der Waals surface area contributed by atoms with Crippen molar-refractivity contribution in [2.24, 2.45) is 4.99 Å². The standard InChI is InChI=1S/C19H12F2N2O3S/c1-2-7-23-17-12(21)8-11(20)9-16(17)27-19(23)22-18(24)15-10-25-13-5-3-4-6-14(13)26-15/h1,3-6,8-9,15H,7,10H2. The van der Waals surface area contributed by atoms with E-state index in [9.17, 15) is 13.6 Å². The maximum Gasteiger partial charge on any atom is 0.292 e. The monoisotopic (exact) mass is 386 g/mol. The molecule has 0 radical (unpaired) electrons. The number of rotatable bonds is 2. The molecule has 1 aliphatic rings. The van der Waals surface area contributed by atoms with E-state index in [2.05, 4.69) is 10.9 Å². The Morgan fingerprint density at radius 3 is 2.89 bits per heavy atom. The number of ether oxygens (including phenoxy) is 2. The number of aromatic nitrogens is 1. The van der Waals surface area contributed by atoms with Crippen molar-refractivity contribution in [3.05, 3.63) is 52.8 Å². The van der Waals surface area contributed by atoms with E-state index >= 15 is 0 Å². The number of nitrogens with zero attached hydrogens (tertiary/aromatic N) is 2. The van der Waals surface area contributed by atoms with Crippen molar-refractivity contribution >= 4 is 27.5 Å². The highest BCUT2D eigenvalue weighted by Gasteiger charge is 2.27. The molecule has 8 heteroatoms. The molecule has 1 unspecified atom stereocenters. The van der Waals surface area contributed by atoms with Crippen molar-refractivity contribution < 1.29 is 23.0 Å². The van der Waals surface area contributed by atoms with Crippen LogP contribution in [0.3, 0.4) is 0 Å². The third-order valence-corrected chi connectivity index (χ3v) is 4.96. The van der Waals surface area contributed by atoms with Crippen LogP contribution in [-0.4, -0.2) is 23.2 Å². The topological polar surface area (TPSA) is 52.8 Å². The first-order valence-corrected chi connectivity index (χ1v) is 8.77. The number of carbonyl (C=O) groups excluding carboxylic acids is 1. The third-order valence-electron chi connectivity index (χ3n) is 3.93. The largest absolute Gasteiger partial charge is 0.485 e. The molecule has 1 aromatic heterocycles. The lowest BCUT2D eigenvalue weighted by molar-refractivity contribution is -0.127. The molecule has 0 N–H and O–H groups in total. The Kier molecular flexibility index (Phi) is 4.38. The summed E-state index contributed by atoms with van der Waals surface area (Å²) in [5.41, 5.74) is 0.108. The van der Waals surface area contributed by atoms with Gasteiger partial charge in [-0.25, -0.2) is 8.78 Å². The van der Waals surface area contributed by atoms with Crippen LogP contribution in [0.5, 0.6) is 11.5 Å². The molecule has 0 fully saturated rings. The van der Waals surface area contributed by atoms with Crippen molar-refractivity contribution in [2.45, 2.75) is 12.6 Å².